The van der Waals surface area contributed by atoms with Gasteiger partial charge >= 0.3 is 0 Å². The van der Waals surface area contributed by atoms with Crippen molar-refractivity contribution >= 4 is 17.6 Å². The second-order valence-electron chi connectivity index (χ2n) is 3.66. The summed E-state index contributed by atoms with van der Waals surface area (Å²) in [7, 11) is 3.77. The average Bonchev–Trinajstić information content (AvgIpc) is 2.35. The van der Waals surface area contributed by atoms with Crippen LogP contribution in [0.1, 0.15) is 13.3 Å². The van der Waals surface area contributed by atoms with Crippen LogP contribution in [0, 0.1) is 0 Å². The number of aromatic nitrogens is 2. The SMILES string of the molecule is COCCC(C)N(C)c1cc(SC)ncn1. The maximum Gasteiger partial charge on any atom is 0.133 e. The Bertz CT molecular complexity index is 322. The number of nitrogens with zero attached hydrogens (tertiary/aromatic N) is 3. The molecule has 0 aromatic carbocycles. The van der Waals surface area contributed by atoms with Gasteiger partial charge in [-0.3, -0.25) is 0 Å². The second kappa shape index (κ2) is 6.70. The molecular weight excluding hydrogens is 222 g/mol. The van der Waals surface area contributed by atoms with Gasteiger partial charge in [-0.25, -0.2) is 9.97 Å². The number of hydrogen-bond acceptors (Lipinski definition) is 5. The normalized spacial score (nSPS) is 12.5. The van der Waals surface area contributed by atoms with Crippen LogP contribution in [0.5, 0.6) is 0 Å². The van der Waals surface area contributed by atoms with Gasteiger partial charge in [0.2, 0.25) is 0 Å². The molecule has 0 aliphatic carbocycles. The Hall–Kier alpha value is -0.810. The highest BCUT2D eigenvalue weighted by Gasteiger charge is 2.11. The molecule has 1 aromatic heterocycles. The topological polar surface area (TPSA) is 38.2 Å². The first kappa shape index (κ1) is 13.3. The van der Waals surface area contributed by atoms with E-state index in [0.717, 1.165) is 23.9 Å². The molecule has 0 amide bonds. The van der Waals surface area contributed by atoms with Crippen LogP contribution in [-0.2, 0) is 4.74 Å². The van der Waals surface area contributed by atoms with Gasteiger partial charge in [0, 0.05) is 32.9 Å². The van der Waals surface area contributed by atoms with Crippen molar-refractivity contribution in [3.8, 4) is 0 Å². The average molecular weight is 241 g/mol. The van der Waals surface area contributed by atoms with Crippen LogP contribution in [0.15, 0.2) is 17.4 Å². The van der Waals surface area contributed by atoms with Crippen molar-refractivity contribution in [3.05, 3.63) is 12.4 Å². The molecule has 0 N–H and O–H groups in total. The fraction of sp³-hybridized carbons (Fsp3) is 0.636. The zero-order valence-electron chi connectivity index (χ0n) is 10.3. The van der Waals surface area contributed by atoms with E-state index in [1.165, 1.54) is 0 Å². The van der Waals surface area contributed by atoms with Gasteiger partial charge < -0.3 is 9.64 Å². The molecule has 0 saturated heterocycles. The van der Waals surface area contributed by atoms with Crippen LogP contribution in [0.4, 0.5) is 5.82 Å². The molecule has 5 heteroatoms. The summed E-state index contributed by atoms with van der Waals surface area (Å²) < 4.78 is 5.08. The minimum Gasteiger partial charge on any atom is -0.385 e. The summed E-state index contributed by atoms with van der Waals surface area (Å²) >= 11 is 1.63. The van der Waals surface area contributed by atoms with Crippen molar-refractivity contribution in [1.29, 1.82) is 0 Å². The Morgan fingerprint density at radius 2 is 2.25 bits per heavy atom. The molecule has 0 spiro atoms. The maximum atomic E-state index is 5.08. The molecule has 0 radical (unpaired) electrons. The predicted molar refractivity (Wildman–Crippen MR) is 68.2 cm³/mol. The van der Waals surface area contributed by atoms with E-state index in [0.29, 0.717) is 6.04 Å². The highest BCUT2D eigenvalue weighted by Crippen LogP contribution is 2.18. The fourth-order valence-corrected chi connectivity index (χ4v) is 1.72. The molecule has 1 heterocycles. The summed E-state index contributed by atoms with van der Waals surface area (Å²) in [6, 6.07) is 2.41. The Kier molecular flexibility index (Phi) is 5.55. The van der Waals surface area contributed by atoms with Crippen molar-refractivity contribution in [2.75, 3.05) is 31.9 Å². The quantitative estimate of drug-likeness (QED) is 0.563. The van der Waals surface area contributed by atoms with Crippen LogP contribution in [-0.4, -0.2) is 43.0 Å². The van der Waals surface area contributed by atoms with E-state index in [2.05, 4.69) is 21.8 Å². The van der Waals surface area contributed by atoms with E-state index in [-0.39, 0.29) is 0 Å². The number of methoxy groups -OCH3 is 1. The van der Waals surface area contributed by atoms with Gasteiger partial charge in [-0.2, -0.15) is 0 Å². The van der Waals surface area contributed by atoms with Gasteiger partial charge in [-0.05, 0) is 19.6 Å². The van der Waals surface area contributed by atoms with E-state index in [1.54, 1.807) is 25.2 Å². The van der Waals surface area contributed by atoms with E-state index >= 15 is 0 Å². The van der Waals surface area contributed by atoms with E-state index in [9.17, 15) is 0 Å². The van der Waals surface area contributed by atoms with Crippen LogP contribution < -0.4 is 4.90 Å². The standard InChI is InChI=1S/C11H19N3OS/c1-9(5-6-15-3)14(2)10-7-11(16-4)13-8-12-10/h7-9H,5-6H2,1-4H3. The minimum atomic E-state index is 0.407. The molecule has 16 heavy (non-hydrogen) atoms. The second-order valence-corrected chi connectivity index (χ2v) is 4.49. The molecule has 0 aliphatic heterocycles. The molecule has 0 fully saturated rings. The molecule has 0 aliphatic rings. The third-order valence-electron chi connectivity index (χ3n) is 2.60. The third kappa shape index (κ3) is 3.64. The number of hydrogen-bond donors (Lipinski definition) is 0. The zero-order valence-corrected chi connectivity index (χ0v) is 11.1. The molecule has 1 atom stereocenters. The number of thioether (sulfide) groups is 1. The lowest BCUT2D eigenvalue weighted by Crippen LogP contribution is -2.30. The maximum absolute atomic E-state index is 5.08. The van der Waals surface area contributed by atoms with Gasteiger partial charge in [0.05, 0.1) is 0 Å². The molecule has 1 rings (SSSR count). The van der Waals surface area contributed by atoms with Crippen LogP contribution >= 0.6 is 11.8 Å². The Labute approximate surface area is 101 Å². The molecule has 4 nitrogen and oxygen atoms in total. The Morgan fingerprint density at radius 1 is 1.50 bits per heavy atom. The summed E-state index contributed by atoms with van der Waals surface area (Å²) in [5, 5.41) is 0.996. The zero-order chi connectivity index (χ0) is 12.0. The predicted octanol–water partition coefficient (Wildman–Crippen LogP) is 2.06. The minimum absolute atomic E-state index is 0.407. The van der Waals surface area contributed by atoms with Crippen molar-refractivity contribution in [2.24, 2.45) is 0 Å². The molecular formula is C11H19N3OS. The summed E-state index contributed by atoms with van der Waals surface area (Å²) in [6.45, 7) is 2.94. The first-order chi connectivity index (χ1) is 7.69. The van der Waals surface area contributed by atoms with Gasteiger partial charge in [0.15, 0.2) is 0 Å². The highest BCUT2D eigenvalue weighted by molar-refractivity contribution is 7.98. The van der Waals surface area contributed by atoms with Gasteiger partial charge in [0.1, 0.15) is 17.2 Å². The lowest BCUT2D eigenvalue weighted by Gasteiger charge is -2.25. The summed E-state index contributed by atoms with van der Waals surface area (Å²) in [4.78, 5) is 10.6. The lowest BCUT2D eigenvalue weighted by atomic mass is 10.2. The Morgan fingerprint density at radius 3 is 2.88 bits per heavy atom. The fourth-order valence-electron chi connectivity index (χ4n) is 1.34. The number of ether oxygens (including phenoxy) is 1. The molecule has 1 unspecified atom stereocenters. The summed E-state index contributed by atoms with van der Waals surface area (Å²) in [6.07, 6.45) is 4.62. The van der Waals surface area contributed by atoms with Crippen LogP contribution in [0.25, 0.3) is 0 Å². The largest absolute Gasteiger partial charge is 0.385 e. The van der Waals surface area contributed by atoms with Gasteiger partial charge in [0.25, 0.3) is 0 Å². The summed E-state index contributed by atoms with van der Waals surface area (Å²) in [5.74, 6) is 0.961. The van der Waals surface area contributed by atoms with Crippen molar-refractivity contribution in [3.63, 3.8) is 0 Å². The lowest BCUT2D eigenvalue weighted by molar-refractivity contribution is 0.189. The third-order valence-corrected chi connectivity index (χ3v) is 3.24. The van der Waals surface area contributed by atoms with Gasteiger partial charge in [-0.1, -0.05) is 0 Å². The van der Waals surface area contributed by atoms with Crippen molar-refractivity contribution in [1.82, 2.24) is 9.97 Å². The first-order valence-corrected chi connectivity index (χ1v) is 6.49. The van der Waals surface area contributed by atoms with Crippen LogP contribution in [0.3, 0.4) is 0 Å². The number of anilines is 1. The number of rotatable bonds is 6. The van der Waals surface area contributed by atoms with Gasteiger partial charge in [-0.15, -0.1) is 11.8 Å². The van der Waals surface area contributed by atoms with Crippen molar-refractivity contribution < 1.29 is 4.74 Å². The van der Waals surface area contributed by atoms with Crippen LogP contribution in [0.2, 0.25) is 0 Å². The molecule has 1 aromatic rings. The molecule has 0 bridgehead atoms. The highest BCUT2D eigenvalue weighted by atomic mass is 32.2. The monoisotopic (exact) mass is 241 g/mol. The molecule has 90 valence electrons. The first-order valence-electron chi connectivity index (χ1n) is 5.26. The van der Waals surface area contributed by atoms with E-state index in [1.807, 2.05) is 19.4 Å². The smallest absolute Gasteiger partial charge is 0.133 e. The van der Waals surface area contributed by atoms with E-state index in [4.69, 9.17) is 4.74 Å². The molecule has 0 saturated carbocycles. The summed E-state index contributed by atoms with van der Waals surface area (Å²) in [5.41, 5.74) is 0. The Balaban J connectivity index is 2.67. The van der Waals surface area contributed by atoms with E-state index < -0.39 is 0 Å². The van der Waals surface area contributed by atoms with Crippen molar-refractivity contribution in [2.45, 2.75) is 24.4 Å².